The van der Waals surface area contributed by atoms with Crippen LogP contribution in [0.2, 0.25) is 0 Å². The van der Waals surface area contributed by atoms with E-state index in [4.69, 9.17) is 0 Å². The Bertz CT molecular complexity index is 887. The van der Waals surface area contributed by atoms with E-state index >= 15 is 0 Å². The van der Waals surface area contributed by atoms with Gasteiger partial charge in [-0.3, -0.25) is 4.98 Å². The van der Waals surface area contributed by atoms with Crippen molar-refractivity contribution in [1.82, 2.24) is 4.98 Å². The summed E-state index contributed by atoms with van der Waals surface area (Å²) in [6, 6.07) is 16.7. The SMILES string of the molecule is Cc1ccc2ncc(C#N)c(Nc3ccc(C(C)C)cc3)c2c1. The number of nitrogens with one attached hydrogen (secondary N) is 1. The summed E-state index contributed by atoms with van der Waals surface area (Å²) in [5.74, 6) is 0.503. The van der Waals surface area contributed by atoms with Crippen molar-refractivity contribution in [3.8, 4) is 6.07 Å². The number of anilines is 2. The van der Waals surface area contributed by atoms with Gasteiger partial charge in [0.15, 0.2) is 0 Å². The van der Waals surface area contributed by atoms with Gasteiger partial charge in [-0.15, -0.1) is 0 Å². The average molecular weight is 301 g/mol. The molecule has 2 aromatic carbocycles. The van der Waals surface area contributed by atoms with Crippen LogP contribution in [0, 0.1) is 18.3 Å². The summed E-state index contributed by atoms with van der Waals surface area (Å²) in [5, 5.41) is 13.8. The van der Waals surface area contributed by atoms with E-state index in [0.29, 0.717) is 11.5 Å². The molecule has 0 aliphatic carbocycles. The van der Waals surface area contributed by atoms with E-state index < -0.39 is 0 Å². The van der Waals surface area contributed by atoms with Crippen LogP contribution in [0.25, 0.3) is 10.9 Å². The van der Waals surface area contributed by atoms with Crippen molar-refractivity contribution in [2.24, 2.45) is 0 Å². The first-order chi connectivity index (χ1) is 11.1. The van der Waals surface area contributed by atoms with E-state index in [-0.39, 0.29) is 0 Å². The number of rotatable bonds is 3. The highest BCUT2D eigenvalue weighted by atomic mass is 14.9. The molecular weight excluding hydrogens is 282 g/mol. The molecule has 3 nitrogen and oxygen atoms in total. The lowest BCUT2D eigenvalue weighted by molar-refractivity contribution is 0.867. The number of pyridine rings is 1. The van der Waals surface area contributed by atoms with Crippen molar-refractivity contribution < 1.29 is 0 Å². The first-order valence-electron chi connectivity index (χ1n) is 7.75. The molecule has 0 radical (unpaired) electrons. The highest BCUT2D eigenvalue weighted by molar-refractivity contribution is 5.96. The molecule has 0 amide bonds. The molecule has 114 valence electrons. The number of nitriles is 1. The van der Waals surface area contributed by atoms with Gasteiger partial charge in [-0.1, -0.05) is 37.6 Å². The fourth-order valence-electron chi connectivity index (χ4n) is 2.62. The molecule has 0 atom stereocenters. The Labute approximate surface area is 136 Å². The van der Waals surface area contributed by atoms with E-state index in [1.807, 2.05) is 19.1 Å². The summed E-state index contributed by atoms with van der Waals surface area (Å²) in [6.07, 6.45) is 1.63. The van der Waals surface area contributed by atoms with Gasteiger partial charge in [-0.25, -0.2) is 0 Å². The molecule has 1 heterocycles. The number of hydrogen-bond donors (Lipinski definition) is 1. The lowest BCUT2D eigenvalue weighted by Crippen LogP contribution is -1.97. The Hall–Kier alpha value is -2.86. The molecule has 3 rings (SSSR count). The van der Waals surface area contributed by atoms with E-state index in [9.17, 15) is 5.26 Å². The minimum atomic E-state index is 0.503. The molecule has 0 aliphatic heterocycles. The van der Waals surface area contributed by atoms with Crippen molar-refractivity contribution in [2.75, 3.05) is 5.32 Å². The molecule has 23 heavy (non-hydrogen) atoms. The molecule has 0 unspecified atom stereocenters. The minimum Gasteiger partial charge on any atom is -0.354 e. The van der Waals surface area contributed by atoms with Gasteiger partial charge in [0.1, 0.15) is 6.07 Å². The molecular formula is C20H19N3. The molecule has 3 heteroatoms. The van der Waals surface area contributed by atoms with Gasteiger partial charge in [0.2, 0.25) is 0 Å². The van der Waals surface area contributed by atoms with Crippen LogP contribution in [0.4, 0.5) is 11.4 Å². The van der Waals surface area contributed by atoms with E-state index in [1.54, 1.807) is 6.20 Å². The third-order valence-corrected chi connectivity index (χ3v) is 3.99. The highest BCUT2D eigenvalue weighted by Gasteiger charge is 2.10. The fraction of sp³-hybridized carbons (Fsp3) is 0.200. The largest absolute Gasteiger partial charge is 0.354 e. The van der Waals surface area contributed by atoms with Gasteiger partial charge in [-0.05, 0) is 42.7 Å². The van der Waals surface area contributed by atoms with Crippen LogP contribution >= 0.6 is 0 Å². The topological polar surface area (TPSA) is 48.7 Å². The third kappa shape index (κ3) is 3.02. The average Bonchev–Trinajstić information content (AvgIpc) is 2.56. The molecule has 0 aliphatic rings. The molecule has 0 bridgehead atoms. The number of aromatic nitrogens is 1. The third-order valence-electron chi connectivity index (χ3n) is 3.99. The predicted octanol–water partition coefficient (Wildman–Crippen LogP) is 5.28. The minimum absolute atomic E-state index is 0.503. The second kappa shape index (κ2) is 6.10. The molecule has 1 aromatic heterocycles. The van der Waals surface area contributed by atoms with E-state index in [1.165, 1.54) is 5.56 Å². The number of nitrogens with zero attached hydrogens (tertiary/aromatic N) is 2. The highest BCUT2D eigenvalue weighted by Crippen LogP contribution is 2.30. The maximum atomic E-state index is 9.41. The van der Waals surface area contributed by atoms with Gasteiger partial charge in [-0.2, -0.15) is 5.26 Å². The van der Waals surface area contributed by atoms with Crippen LogP contribution in [0.5, 0.6) is 0 Å². The zero-order valence-corrected chi connectivity index (χ0v) is 13.6. The molecule has 0 saturated carbocycles. The predicted molar refractivity (Wildman–Crippen MR) is 95.0 cm³/mol. The van der Waals surface area contributed by atoms with Gasteiger partial charge in [0.25, 0.3) is 0 Å². The van der Waals surface area contributed by atoms with Crippen molar-refractivity contribution in [2.45, 2.75) is 26.7 Å². The van der Waals surface area contributed by atoms with Gasteiger partial charge < -0.3 is 5.32 Å². The van der Waals surface area contributed by atoms with Crippen LogP contribution < -0.4 is 5.32 Å². The van der Waals surface area contributed by atoms with Crippen molar-refractivity contribution in [3.63, 3.8) is 0 Å². The number of benzene rings is 2. The van der Waals surface area contributed by atoms with Crippen LogP contribution in [0.1, 0.15) is 36.5 Å². The summed E-state index contributed by atoms with van der Waals surface area (Å²) < 4.78 is 0. The standard InChI is InChI=1S/C20H19N3/c1-13(2)15-5-7-17(8-6-15)23-20-16(11-21)12-22-19-9-4-14(3)10-18(19)20/h4-10,12-13H,1-3H3,(H,22,23). The van der Waals surface area contributed by atoms with E-state index in [2.05, 4.69) is 60.5 Å². The smallest absolute Gasteiger partial charge is 0.103 e. The van der Waals surface area contributed by atoms with Crippen LogP contribution in [0.3, 0.4) is 0 Å². The summed E-state index contributed by atoms with van der Waals surface area (Å²) >= 11 is 0. The first-order valence-corrected chi connectivity index (χ1v) is 7.75. The normalized spacial score (nSPS) is 10.7. The van der Waals surface area contributed by atoms with Crippen LogP contribution in [-0.4, -0.2) is 4.98 Å². The number of hydrogen-bond acceptors (Lipinski definition) is 3. The van der Waals surface area contributed by atoms with Gasteiger partial charge in [0.05, 0.1) is 16.8 Å². The van der Waals surface area contributed by atoms with Gasteiger partial charge in [0, 0.05) is 17.3 Å². The van der Waals surface area contributed by atoms with Crippen molar-refractivity contribution in [3.05, 3.63) is 65.4 Å². The Kier molecular flexibility index (Phi) is 3.99. The van der Waals surface area contributed by atoms with E-state index in [0.717, 1.165) is 27.8 Å². The van der Waals surface area contributed by atoms with Gasteiger partial charge >= 0.3 is 0 Å². The maximum absolute atomic E-state index is 9.41. The zero-order chi connectivity index (χ0) is 16.4. The Morgan fingerprint density at radius 1 is 1.09 bits per heavy atom. The van der Waals surface area contributed by atoms with Crippen molar-refractivity contribution in [1.29, 1.82) is 5.26 Å². The lowest BCUT2D eigenvalue weighted by Gasteiger charge is -2.13. The molecule has 1 N–H and O–H groups in total. The van der Waals surface area contributed by atoms with Crippen LogP contribution in [0.15, 0.2) is 48.7 Å². The summed E-state index contributed by atoms with van der Waals surface area (Å²) in [7, 11) is 0. The zero-order valence-electron chi connectivity index (χ0n) is 13.6. The quantitative estimate of drug-likeness (QED) is 0.715. The maximum Gasteiger partial charge on any atom is 0.103 e. The first kappa shape index (κ1) is 15.1. The summed E-state index contributed by atoms with van der Waals surface area (Å²) in [5.41, 5.74) is 5.67. The number of aryl methyl sites for hydroxylation is 1. The Balaban J connectivity index is 2.07. The lowest BCUT2D eigenvalue weighted by atomic mass is 10.0. The second-order valence-electron chi connectivity index (χ2n) is 6.08. The monoisotopic (exact) mass is 301 g/mol. The molecule has 0 fully saturated rings. The summed E-state index contributed by atoms with van der Waals surface area (Å²) in [4.78, 5) is 4.37. The van der Waals surface area contributed by atoms with Crippen LogP contribution in [-0.2, 0) is 0 Å². The summed E-state index contributed by atoms with van der Waals surface area (Å²) in [6.45, 7) is 6.39. The van der Waals surface area contributed by atoms with Crippen molar-refractivity contribution >= 4 is 22.3 Å². The number of fused-ring (bicyclic) bond motifs is 1. The molecule has 0 saturated heterocycles. The Morgan fingerprint density at radius 3 is 2.48 bits per heavy atom. The molecule has 0 spiro atoms. The Morgan fingerprint density at radius 2 is 1.83 bits per heavy atom. The second-order valence-corrected chi connectivity index (χ2v) is 6.08. The fourth-order valence-corrected chi connectivity index (χ4v) is 2.62. The molecule has 3 aromatic rings.